The van der Waals surface area contributed by atoms with Gasteiger partial charge in [0.2, 0.25) is 11.8 Å². The molecule has 0 bridgehead atoms. The number of carbonyl (C=O) groups is 2. The molecule has 2 aromatic rings. The van der Waals surface area contributed by atoms with Crippen molar-refractivity contribution in [1.29, 1.82) is 0 Å². The molecular formula is C19H26N4O2. The molecule has 6 heteroatoms. The van der Waals surface area contributed by atoms with Crippen LogP contribution in [0.4, 0.5) is 0 Å². The highest BCUT2D eigenvalue weighted by Gasteiger charge is 2.20. The van der Waals surface area contributed by atoms with Crippen molar-refractivity contribution in [3.8, 4) is 0 Å². The van der Waals surface area contributed by atoms with Gasteiger partial charge in [-0.3, -0.25) is 9.59 Å². The third kappa shape index (κ3) is 4.47. The van der Waals surface area contributed by atoms with Crippen LogP contribution in [0.2, 0.25) is 0 Å². The molecule has 0 spiro atoms. The minimum Gasteiger partial charge on any atom is -0.344 e. The summed E-state index contributed by atoms with van der Waals surface area (Å²) < 4.78 is 1.88. The predicted molar refractivity (Wildman–Crippen MR) is 99.0 cm³/mol. The number of imidazole rings is 1. The summed E-state index contributed by atoms with van der Waals surface area (Å²) in [5.74, 6) is 0.422. The molecular weight excluding hydrogens is 316 g/mol. The zero-order chi connectivity index (χ0) is 18.4. The average molecular weight is 342 g/mol. The Labute approximate surface area is 148 Å². The summed E-state index contributed by atoms with van der Waals surface area (Å²) in [5.41, 5.74) is 1.69. The van der Waals surface area contributed by atoms with Crippen molar-refractivity contribution in [1.82, 2.24) is 19.8 Å². The third-order valence-electron chi connectivity index (χ3n) is 4.18. The molecule has 1 unspecified atom stereocenters. The van der Waals surface area contributed by atoms with Crippen molar-refractivity contribution < 1.29 is 9.59 Å². The molecule has 0 aliphatic carbocycles. The number of amides is 2. The summed E-state index contributed by atoms with van der Waals surface area (Å²) in [5, 5.41) is 2.82. The second-order valence-corrected chi connectivity index (χ2v) is 6.15. The number of likely N-dealkylation sites (N-methyl/N-ethyl adjacent to an activating group) is 1. The normalized spacial score (nSPS) is 12.0. The largest absolute Gasteiger partial charge is 0.344 e. The smallest absolute Gasteiger partial charge is 0.243 e. The first-order valence-electron chi connectivity index (χ1n) is 8.60. The van der Waals surface area contributed by atoms with Crippen LogP contribution >= 0.6 is 0 Å². The van der Waals surface area contributed by atoms with E-state index in [9.17, 15) is 9.59 Å². The predicted octanol–water partition coefficient (Wildman–Crippen LogP) is 2.66. The van der Waals surface area contributed by atoms with Crippen LogP contribution in [-0.4, -0.2) is 39.9 Å². The van der Waals surface area contributed by atoms with Gasteiger partial charge in [-0.15, -0.1) is 0 Å². The quantitative estimate of drug-likeness (QED) is 0.750. The third-order valence-corrected chi connectivity index (χ3v) is 4.18. The standard InChI is InChI=1S/C19H26N4O2/c1-5-7-12-22(4)18(25)13-23-16-11-9-8-10-15(16)21-19(23)14(3)20-17(24)6-2/h6,8-11,14H,2,5,7,12-13H2,1,3-4H3,(H,20,24). The van der Waals surface area contributed by atoms with E-state index in [1.165, 1.54) is 6.08 Å². The molecule has 1 N–H and O–H groups in total. The maximum Gasteiger partial charge on any atom is 0.243 e. The molecule has 0 aliphatic heterocycles. The minimum absolute atomic E-state index is 0.0279. The summed E-state index contributed by atoms with van der Waals surface area (Å²) in [6.45, 7) is 8.36. The summed E-state index contributed by atoms with van der Waals surface area (Å²) in [6.07, 6.45) is 3.25. The van der Waals surface area contributed by atoms with E-state index in [-0.39, 0.29) is 24.4 Å². The lowest BCUT2D eigenvalue weighted by Crippen LogP contribution is -2.33. The number of benzene rings is 1. The molecule has 1 atom stereocenters. The molecule has 25 heavy (non-hydrogen) atoms. The maximum atomic E-state index is 12.6. The van der Waals surface area contributed by atoms with E-state index in [1.54, 1.807) is 4.90 Å². The summed E-state index contributed by atoms with van der Waals surface area (Å²) >= 11 is 0. The Morgan fingerprint density at radius 3 is 2.80 bits per heavy atom. The number of carbonyl (C=O) groups excluding carboxylic acids is 2. The van der Waals surface area contributed by atoms with Gasteiger partial charge in [-0.2, -0.15) is 0 Å². The zero-order valence-corrected chi connectivity index (χ0v) is 15.2. The molecule has 0 fully saturated rings. The lowest BCUT2D eigenvalue weighted by molar-refractivity contribution is -0.130. The van der Waals surface area contributed by atoms with Crippen LogP contribution in [0.3, 0.4) is 0 Å². The number of unbranched alkanes of at least 4 members (excludes halogenated alkanes) is 1. The van der Waals surface area contributed by atoms with Gasteiger partial charge in [0.05, 0.1) is 17.1 Å². The van der Waals surface area contributed by atoms with Gasteiger partial charge in [0.15, 0.2) is 0 Å². The Morgan fingerprint density at radius 2 is 2.12 bits per heavy atom. The lowest BCUT2D eigenvalue weighted by Gasteiger charge is -2.20. The Hall–Kier alpha value is -2.63. The highest BCUT2D eigenvalue weighted by atomic mass is 16.2. The first-order valence-corrected chi connectivity index (χ1v) is 8.60. The highest BCUT2D eigenvalue weighted by Crippen LogP contribution is 2.21. The molecule has 2 rings (SSSR count). The molecule has 1 aromatic carbocycles. The van der Waals surface area contributed by atoms with Crippen molar-refractivity contribution in [3.63, 3.8) is 0 Å². The van der Waals surface area contributed by atoms with Gasteiger partial charge < -0.3 is 14.8 Å². The number of hydrogen-bond acceptors (Lipinski definition) is 3. The van der Waals surface area contributed by atoms with E-state index in [0.717, 1.165) is 30.4 Å². The number of fused-ring (bicyclic) bond motifs is 1. The van der Waals surface area contributed by atoms with Crippen molar-refractivity contribution in [2.24, 2.45) is 0 Å². The average Bonchev–Trinajstić information content (AvgIpc) is 2.98. The van der Waals surface area contributed by atoms with Crippen molar-refractivity contribution >= 4 is 22.8 Å². The number of aromatic nitrogens is 2. The van der Waals surface area contributed by atoms with E-state index < -0.39 is 0 Å². The fourth-order valence-electron chi connectivity index (χ4n) is 2.70. The van der Waals surface area contributed by atoms with Gasteiger partial charge >= 0.3 is 0 Å². The van der Waals surface area contributed by atoms with Gasteiger partial charge in [0.25, 0.3) is 0 Å². The van der Waals surface area contributed by atoms with E-state index >= 15 is 0 Å². The van der Waals surface area contributed by atoms with E-state index in [4.69, 9.17) is 0 Å². The molecule has 1 aromatic heterocycles. The van der Waals surface area contributed by atoms with Crippen LogP contribution in [0, 0.1) is 0 Å². The van der Waals surface area contributed by atoms with Crippen molar-refractivity contribution in [2.45, 2.75) is 39.3 Å². The van der Waals surface area contributed by atoms with E-state index in [0.29, 0.717) is 5.82 Å². The van der Waals surface area contributed by atoms with Gasteiger partial charge in [-0.1, -0.05) is 32.1 Å². The first-order chi connectivity index (χ1) is 12.0. The summed E-state index contributed by atoms with van der Waals surface area (Å²) in [6, 6.07) is 7.34. The van der Waals surface area contributed by atoms with Crippen LogP contribution in [0.25, 0.3) is 11.0 Å². The van der Waals surface area contributed by atoms with Gasteiger partial charge in [-0.05, 0) is 31.6 Å². The molecule has 0 saturated carbocycles. The SMILES string of the molecule is C=CC(=O)NC(C)c1nc2ccccc2n1CC(=O)N(C)CCCC. The number of nitrogens with one attached hydrogen (secondary N) is 1. The monoisotopic (exact) mass is 342 g/mol. The fraction of sp³-hybridized carbons (Fsp3) is 0.421. The first kappa shape index (κ1) is 18.7. The topological polar surface area (TPSA) is 67.2 Å². The molecule has 134 valence electrons. The van der Waals surface area contributed by atoms with Gasteiger partial charge in [-0.25, -0.2) is 4.98 Å². The van der Waals surface area contributed by atoms with Crippen LogP contribution in [-0.2, 0) is 16.1 Å². The van der Waals surface area contributed by atoms with E-state index in [1.807, 2.05) is 42.8 Å². The number of para-hydroxylation sites is 2. The Balaban J connectivity index is 2.32. The van der Waals surface area contributed by atoms with E-state index in [2.05, 4.69) is 23.8 Å². The highest BCUT2D eigenvalue weighted by molar-refractivity contribution is 5.87. The van der Waals surface area contributed by atoms with Crippen LogP contribution in [0.5, 0.6) is 0 Å². The zero-order valence-electron chi connectivity index (χ0n) is 15.2. The Morgan fingerprint density at radius 1 is 1.40 bits per heavy atom. The number of rotatable bonds is 8. The maximum absolute atomic E-state index is 12.6. The molecule has 0 saturated heterocycles. The van der Waals surface area contributed by atoms with Gasteiger partial charge in [0.1, 0.15) is 12.4 Å². The number of hydrogen-bond donors (Lipinski definition) is 1. The summed E-state index contributed by atoms with van der Waals surface area (Å²) in [7, 11) is 1.82. The van der Waals surface area contributed by atoms with Crippen LogP contribution in [0.15, 0.2) is 36.9 Å². The molecule has 0 aliphatic rings. The molecule has 1 heterocycles. The molecule has 6 nitrogen and oxygen atoms in total. The fourth-order valence-corrected chi connectivity index (χ4v) is 2.70. The number of nitrogens with zero attached hydrogens (tertiary/aromatic N) is 3. The second kappa shape index (κ2) is 8.46. The lowest BCUT2D eigenvalue weighted by atomic mass is 10.3. The Bertz CT molecular complexity index is 766. The van der Waals surface area contributed by atoms with Crippen molar-refractivity contribution in [2.75, 3.05) is 13.6 Å². The minimum atomic E-state index is -0.327. The molecule has 2 amide bonds. The van der Waals surface area contributed by atoms with Gasteiger partial charge in [0, 0.05) is 13.6 Å². The van der Waals surface area contributed by atoms with Crippen molar-refractivity contribution in [3.05, 3.63) is 42.7 Å². The van der Waals surface area contributed by atoms with Crippen LogP contribution < -0.4 is 5.32 Å². The molecule has 0 radical (unpaired) electrons. The Kier molecular flexibility index (Phi) is 6.33. The summed E-state index contributed by atoms with van der Waals surface area (Å²) in [4.78, 5) is 30.6. The second-order valence-electron chi connectivity index (χ2n) is 6.15. The van der Waals surface area contributed by atoms with Crippen LogP contribution in [0.1, 0.15) is 38.6 Å².